The Morgan fingerprint density at radius 3 is 2.71 bits per heavy atom. The Morgan fingerprint density at radius 2 is 2.18 bits per heavy atom. The molecule has 2 atom stereocenters. The minimum absolute atomic E-state index is 0.115. The van der Waals surface area contributed by atoms with Crippen LogP contribution >= 0.6 is 0 Å². The summed E-state index contributed by atoms with van der Waals surface area (Å²) in [5, 5.41) is 0. The molecule has 4 nitrogen and oxygen atoms in total. The van der Waals surface area contributed by atoms with Crippen molar-refractivity contribution in [3.8, 4) is 0 Å². The van der Waals surface area contributed by atoms with E-state index in [2.05, 4.69) is 9.88 Å². The quantitative estimate of drug-likeness (QED) is 0.730. The molecule has 0 radical (unpaired) electrons. The maximum absolute atomic E-state index is 11.4. The van der Waals surface area contributed by atoms with Crippen LogP contribution in [0.1, 0.15) is 19.5 Å². The van der Waals surface area contributed by atoms with Gasteiger partial charge in [0.2, 0.25) is 0 Å². The third kappa shape index (κ3) is 3.82. The van der Waals surface area contributed by atoms with E-state index >= 15 is 0 Å². The van der Waals surface area contributed by atoms with Gasteiger partial charge in [-0.05, 0) is 26.1 Å². The zero-order valence-electron chi connectivity index (χ0n) is 10.9. The summed E-state index contributed by atoms with van der Waals surface area (Å²) in [5.41, 5.74) is 0.999. The van der Waals surface area contributed by atoms with E-state index in [1.165, 1.54) is 7.11 Å². The molecule has 4 heteroatoms. The van der Waals surface area contributed by atoms with Crippen LogP contribution in [-0.4, -0.2) is 36.1 Å². The lowest BCUT2D eigenvalue weighted by atomic mass is 10.0. The first-order valence-electron chi connectivity index (χ1n) is 5.74. The maximum Gasteiger partial charge on any atom is 0.309 e. The van der Waals surface area contributed by atoms with Crippen LogP contribution in [0.3, 0.4) is 0 Å². The number of nitrogens with zero attached hydrogens (tertiary/aromatic N) is 2. The standard InChI is InChI=1S/C13H20N2O2/c1-10(13(16)17-4)11(2)15(3)9-12-7-5-6-8-14-12/h5-8,10-11H,9H2,1-4H3. The van der Waals surface area contributed by atoms with Crippen LogP contribution in [-0.2, 0) is 16.1 Å². The molecule has 0 aliphatic heterocycles. The molecule has 1 aromatic rings. The summed E-state index contributed by atoms with van der Waals surface area (Å²) in [7, 11) is 3.41. The summed E-state index contributed by atoms with van der Waals surface area (Å²) in [4.78, 5) is 17.8. The van der Waals surface area contributed by atoms with E-state index in [9.17, 15) is 4.79 Å². The normalized spacial score (nSPS) is 14.4. The van der Waals surface area contributed by atoms with Crippen molar-refractivity contribution >= 4 is 5.97 Å². The molecule has 94 valence electrons. The number of methoxy groups -OCH3 is 1. The molecule has 0 aliphatic rings. The Bertz CT molecular complexity index is 354. The van der Waals surface area contributed by atoms with Crippen LogP contribution in [0.15, 0.2) is 24.4 Å². The number of rotatable bonds is 5. The average molecular weight is 236 g/mol. The van der Waals surface area contributed by atoms with Crippen molar-refractivity contribution < 1.29 is 9.53 Å². The Morgan fingerprint density at radius 1 is 1.47 bits per heavy atom. The molecule has 17 heavy (non-hydrogen) atoms. The molecule has 2 unspecified atom stereocenters. The molecule has 1 aromatic heterocycles. The summed E-state index contributed by atoms with van der Waals surface area (Å²) in [6, 6.07) is 5.95. The lowest BCUT2D eigenvalue weighted by molar-refractivity contribution is -0.146. The van der Waals surface area contributed by atoms with Crippen LogP contribution in [0.25, 0.3) is 0 Å². The van der Waals surface area contributed by atoms with Gasteiger partial charge in [-0.2, -0.15) is 0 Å². The molecule has 1 heterocycles. The summed E-state index contributed by atoms with van der Waals surface area (Å²) in [5.74, 6) is -0.320. The Hall–Kier alpha value is -1.42. The minimum atomic E-state index is -0.176. The molecule has 0 saturated heterocycles. The number of esters is 1. The number of aromatic nitrogens is 1. The number of hydrogen-bond donors (Lipinski definition) is 0. The van der Waals surface area contributed by atoms with Crippen molar-refractivity contribution in [1.82, 2.24) is 9.88 Å². The molecule has 0 bridgehead atoms. The van der Waals surface area contributed by atoms with E-state index in [0.29, 0.717) is 0 Å². The van der Waals surface area contributed by atoms with Gasteiger partial charge in [0.25, 0.3) is 0 Å². The summed E-state index contributed by atoms with van der Waals surface area (Å²) >= 11 is 0. The minimum Gasteiger partial charge on any atom is -0.469 e. The summed E-state index contributed by atoms with van der Waals surface area (Å²) in [6.07, 6.45) is 1.78. The number of ether oxygens (including phenoxy) is 1. The lowest BCUT2D eigenvalue weighted by Gasteiger charge is -2.27. The van der Waals surface area contributed by atoms with Crippen LogP contribution in [0.2, 0.25) is 0 Å². The van der Waals surface area contributed by atoms with Crippen LogP contribution < -0.4 is 0 Å². The predicted octanol–water partition coefficient (Wildman–Crippen LogP) is 1.71. The largest absolute Gasteiger partial charge is 0.469 e. The molecular weight excluding hydrogens is 216 g/mol. The maximum atomic E-state index is 11.4. The molecule has 0 amide bonds. The third-order valence-corrected chi connectivity index (χ3v) is 3.13. The predicted molar refractivity (Wildman–Crippen MR) is 66.3 cm³/mol. The van der Waals surface area contributed by atoms with E-state index in [-0.39, 0.29) is 17.9 Å². The molecule has 0 saturated carbocycles. The zero-order valence-corrected chi connectivity index (χ0v) is 10.9. The van der Waals surface area contributed by atoms with E-state index in [0.717, 1.165) is 12.2 Å². The topological polar surface area (TPSA) is 42.4 Å². The summed E-state index contributed by atoms with van der Waals surface area (Å²) < 4.78 is 4.75. The van der Waals surface area contributed by atoms with Crippen molar-refractivity contribution in [2.75, 3.05) is 14.2 Å². The van der Waals surface area contributed by atoms with Crippen molar-refractivity contribution in [3.05, 3.63) is 30.1 Å². The second-order valence-corrected chi connectivity index (χ2v) is 4.29. The third-order valence-electron chi connectivity index (χ3n) is 3.13. The average Bonchev–Trinajstić information content (AvgIpc) is 2.37. The van der Waals surface area contributed by atoms with Crippen molar-refractivity contribution in [2.24, 2.45) is 5.92 Å². The van der Waals surface area contributed by atoms with Crippen LogP contribution in [0.5, 0.6) is 0 Å². The van der Waals surface area contributed by atoms with Gasteiger partial charge in [-0.1, -0.05) is 13.0 Å². The van der Waals surface area contributed by atoms with Crippen molar-refractivity contribution in [1.29, 1.82) is 0 Å². The van der Waals surface area contributed by atoms with Gasteiger partial charge in [0.15, 0.2) is 0 Å². The van der Waals surface area contributed by atoms with Crippen LogP contribution in [0.4, 0.5) is 0 Å². The SMILES string of the molecule is COC(=O)C(C)C(C)N(C)Cc1ccccn1. The molecule has 0 N–H and O–H groups in total. The Labute approximate surface area is 103 Å². The first kappa shape index (κ1) is 13.6. The van der Waals surface area contributed by atoms with Gasteiger partial charge in [0.1, 0.15) is 0 Å². The van der Waals surface area contributed by atoms with Gasteiger partial charge in [-0.25, -0.2) is 0 Å². The summed E-state index contributed by atoms with van der Waals surface area (Å²) in [6.45, 7) is 4.62. The molecule has 0 spiro atoms. The van der Waals surface area contributed by atoms with E-state index in [1.807, 2.05) is 39.1 Å². The lowest BCUT2D eigenvalue weighted by Crippen LogP contribution is -2.38. The fourth-order valence-corrected chi connectivity index (χ4v) is 1.66. The highest BCUT2D eigenvalue weighted by Gasteiger charge is 2.24. The van der Waals surface area contributed by atoms with Gasteiger partial charge in [-0.15, -0.1) is 0 Å². The monoisotopic (exact) mass is 236 g/mol. The molecule has 1 rings (SSSR count). The second kappa shape index (κ2) is 6.35. The van der Waals surface area contributed by atoms with Crippen molar-refractivity contribution in [2.45, 2.75) is 26.4 Å². The van der Waals surface area contributed by atoms with Crippen LogP contribution in [0, 0.1) is 5.92 Å². The highest BCUT2D eigenvalue weighted by Crippen LogP contribution is 2.13. The molecule has 0 aromatic carbocycles. The van der Waals surface area contributed by atoms with Gasteiger partial charge in [-0.3, -0.25) is 14.7 Å². The highest BCUT2D eigenvalue weighted by atomic mass is 16.5. The Kier molecular flexibility index (Phi) is 5.10. The van der Waals surface area contributed by atoms with E-state index in [4.69, 9.17) is 4.74 Å². The molecule has 0 aliphatic carbocycles. The number of carbonyl (C=O) groups excluding carboxylic acids is 1. The van der Waals surface area contributed by atoms with Gasteiger partial charge >= 0.3 is 5.97 Å². The van der Waals surface area contributed by atoms with Gasteiger partial charge in [0.05, 0.1) is 18.7 Å². The first-order chi connectivity index (χ1) is 8.06. The number of carbonyl (C=O) groups is 1. The fourth-order valence-electron chi connectivity index (χ4n) is 1.66. The molecule has 0 fully saturated rings. The number of pyridine rings is 1. The smallest absolute Gasteiger partial charge is 0.309 e. The fraction of sp³-hybridized carbons (Fsp3) is 0.538. The van der Waals surface area contributed by atoms with Crippen molar-refractivity contribution in [3.63, 3.8) is 0 Å². The number of hydrogen-bond acceptors (Lipinski definition) is 4. The highest BCUT2D eigenvalue weighted by molar-refractivity contribution is 5.72. The molecular formula is C13H20N2O2. The Balaban J connectivity index is 2.58. The zero-order chi connectivity index (χ0) is 12.8. The van der Waals surface area contributed by atoms with Gasteiger partial charge in [0, 0.05) is 18.8 Å². The van der Waals surface area contributed by atoms with Gasteiger partial charge < -0.3 is 4.74 Å². The second-order valence-electron chi connectivity index (χ2n) is 4.29. The van der Waals surface area contributed by atoms with E-state index < -0.39 is 0 Å². The first-order valence-corrected chi connectivity index (χ1v) is 5.74. The van der Waals surface area contributed by atoms with E-state index in [1.54, 1.807) is 6.20 Å².